The SMILES string of the molecule is Clc1ccc(N2C=CC(Sc3ccccc3)C2)cc1. The van der Waals surface area contributed by atoms with Gasteiger partial charge in [-0.2, -0.15) is 0 Å². The normalized spacial score (nSPS) is 17.9. The lowest BCUT2D eigenvalue weighted by Crippen LogP contribution is -2.18. The lowest BCUT2D eigenvalue weighted by atomic mass is 10.3. The van der Waals surface area contributed by atoms with Crippen molar-refractivity contribution in [2.24, 2.45) is 0 Å². The van der Waals surface area contributed by atoms with E-state index in [9.17, 15) is 0 Å². The molecule has 1 unspecified atom stereocenters. The number of anilines is 1. The van der Waals surface area contributed by atoms with Crippen molar-refractivity contribution in [3.8, 4) is 0 Å². The van der Waals surface area contributed by atoms with Crippen LogP contribution in [0.4, 0.5) is 5.69 Å². The van der Waals surface area contributed by atoms with Crippen molar-refractivity contribution in [2.75, 3.05) is 11.4 Å². The van der Waals surface area contributed by atoms with Gasteiger partial charge < -0.3 is 4.90 Å². The van der Waals surface area contributed by atoms with E-state index in [1.54, 1.807) is 0 Å². The van der Waals surface area contributed by atoms with Crippen LogP contribution in [0.5, 0.6) is 0 Å². The smallest absolute Gasteiger partial charge is 0.0471 e. The van der Waals surface area contributed by atoms with Crippen molar-refractivity contribution in [2.45, 2.75) is 10.1 Å². The van der Waals surface area contributed by atoms with Gasteiger partial charge in [0.05, 0.1) is 0 Å². The molecule has 0 aromatic heterocycles. The highest BCUT2D eigenvalue weighted by Crippen LogP contribution is 2.30. The van der Waals surface area contributed by atoms with E-state index in [-0.39, 0.29) is 0 Å². The molecule has 0 spiro atoms. The first-order chi connectivity index (χ1) is 9.31. The fraction of sp³-hybridized carbons (Fsp3) is 0.125. The first kappa shape index (κ1) is 12.6. The minimum absolute atomic E-state index is 0.498. The van der Waals surface area contributed by atoms with Crippen LogP contribution in [0.25, 0.3) is 0 Å². The standard InChI is InChI=1S/C16H14ClNS/c17-13-6-8-14(9-7-13)18-11-10-16(12-18)19-15-4-2-1-3-5-15/h1-11,16H,12H2. The molecular weight excluding hydrogens is 274 g/mol. The second kappa shape index (κ2) is 5.72. The van der Waals surface area contributed by atoms with Crippen molar-refractivity contribution in [3.63, 3.8) is 0 Å². The number of hydrogen-bond donors (Lipinski definition) is 0. The maximum Gasteiger partial charge on any atom is 0.0471 e. The van der Waals surface area contributed by atoms with E-state index >= 15 is 0 Å². The summed E-state index contributed by atoms with van der Waals surface area (Å²) in [4.78, 5) is 3.58. The summed E-state index contributed by atoms with van der Waals surface area (Å²) in [6.07, 6.45) is 4.41. The van der Waals surface area contributed by atoms with Gasteiger partial charge in [0.15, 0.2) is 0 Å². The van der Waals surface area contributed by atoms with Gasteiger partial charge >= 0.3 is 0 Å². The zero-order valence-corrected chi connectivity index (χ0v) is 11.9. The third-order valence-electron chi connectivity index (χ3n) is 3.05. The molecule has 0 amide bonds. The fourth-order valence-electron chi connectivity index (χ4n) is 2.09. The molecule has 0 saturated carbocycles. The molecule has 0 bridgehead atoms. The summed E-state index contributed by atoms with van der Waals surface area (Å²) >= 11 is 7.81. The minimum Gasteiger partial charge on any atom is -0.347 e. The van der Waals surface area contributed by atoms with E-state index in [0.717, 1.165) is 11.6 Å². The Hall–Kier alpha value is -1.38. The average Bonchev–Trinajstić information content (AvgIpc) is 2.89. The summed E-state index contributed by atoms with van der Waals surface area (Å²) in [5, 5.41) is 1.28. The number of hydrogen-bond acceptors (Lipinski definition) is 2. The number of benzene rings is 2. The summed E-state index contributed by atoms with van der Waals surface area (Å²) in [7, 11) is 0. The van der Waals surface area contributed by atoms with Crippen molar-refractivity contribution < 1.29 is 0 Å². The number of nitrogens with zero attached hydrogens (tertiary/aromatic N) is 1. The molecule has 0 saturated heterocycles. The van der Waals surface area contributed by atoms with E-state index in [1.807, 2.05) is 23.9 Å². The molecule has 0 radical (unpaired) electrons. The van der Waals surface area contributed by atoms with Gasteiger partial charge in [0.2, 0.25) is 0 Å². The first-order valence-corrected chi connectivity index (χ1v) is 7.49. The van der Waals surface area contributed by atoms with Crippen molar-refractivity contribution >= 4 is 29.1 Å². The number of rotatable bonds is 3. The van der Waals surface area contributed by atoms with Crippen LogP contribution in [0.15, 0.2) is 71.8 Å². The molecule has 0 fully saturated rings. The highest BCUT2D eigenvalue weighted by molar-refractivity contribution is 8.00. The van der Waals surface area contributed by atoms with Gasteiger partial charge in [-0.3, -0.25) is 0 Å². The van der Waals surface area contributed by atoms with Gasteiger partial charge in [0.1, 0.15) is 0 Å². The van der Waals surface area contributed by atoms with E-state index in [2.05, 4.69) is 59.6 Å². The Morgan fingerprint density at radius 2 is 1.74 bits per heavy atom. The molecule has 1 aliphatic rings. The molecule has 0 aliphatic carbocycles. The van der Waals surface area contributed by atoms with Gasteiger partial charge in [-0.05, 0) is 36.4 Å². The van der Waals surface area contributed by atoms with Crippen LogP contribution < -0.4 is 4.90 Å². The highest BCUT2D eigenvalue weighted by Gasteiger charge is 2.17. The Kier molecular flexibility index (Phi) is 3.81. The van der Waals surface area contributed by atoms with Crippen molar-refractivity contribution in [3.05, 3.63) is 71.9 Å². The Balaban J connectivity index is 1.65. The zero-order valence-electron chi connectivity index (χ0n) is 10.4. The second-order valence-corrected chi connectivity index (χ2v) is 6.19. The first-order valence-electron chi connectivity index (χ1n) is 6.23. The third-order valence-corrected chi connectivity index (χ3v) is 4.45. The van der Waals surface area contributed by atoms with Gasteiger partial charge in [0.25, 0.3) is 0 Å². The molecule has 3 rings (SSSR count). The van der Waals surface area contributed by atoms with Gasteiger partial charge in [-0.1, -0.05) is 35.9 Å². The van der Waals surface area contributed by atoms with Crippen LogP contribution in [0.2, 0.25) is 5.02 Å². The second-order valence-electron chi connectivity index (χ2n) is 4.44. The van der Waals surface area contributed by atoms with Gasteiger partial charge in [-0.15, -0.1) is 11.8 Å². The Bertz CT molecular complexity index is 565. The maximum atomic E-state index is 5.91. The van der Waals surface area contributed by atoms with Crippen LogP contribution in [-0.4, -0.2) is 11.8 Å². The van der Waals surface area contributed by atoms with E-state index in [0.29, 0.717) is 5.25 Å². The van der Waals surface area contributed by atoms with Crippen LogP contribution in [-0.2, 0) is 0 Å². The largest absolute Gasteiger partial charge is 0.347 e. The monoisotopic (exact) mass is 287 g/mol. The lowest BCUT2D eigenvalue weighted by Gasteiger charge is -2.18. The molecule has 19 heavy (non-hydrogen) atoms. The molecule has 2 aromatic carbocycles. The van der Waals surface area contributed by atoms with Gasteiger partial charge in [0, 0.05) is 33.6 Å². The third kappa shape index (κ3) is 3.14. The zero-order chi connectivity index (χ0) is 13.1. The van der Waals surface area contributed by atoms with E-state index in [4.69, 9.17) is 11.6 Å². The topological polar surface area (TPSA) is 3.24 Å². The predicted octanol–water partition coefficient (Wildman–Crippen LogP) is 4.83. The predicted molar refractivity (Wildman–Crippen MR) is 84.0 cm³/mol. The quantitative estimate of drug-likeness (QED) is 0.795. The summed E-state index contributed by atoms with van der Waals surface area (Å²) in [6, 6.07) is 18.5. The minimum atomic E-state index is 0.498. The lowest BCUT2D eigenvalue weighted by molar-refractivity contribution is 1.01. The molecule has 96 valence electrons. The van der Waals surface area contributed by atoms with Crippen LogP contribution >= 0.6 is 23.4 Å². The van der Waals surface area contributed by atoms with Crippen LogP contribution in [0.1, 0.15) is 0 Å². The molecule has 1 aliphatic heterocycles. The van der Waals surface area contributed by atoms with Crippen molar-refractivity contribution in [1.82, 2.24) is 0 Å². The average molecular weight is 288 g/mol. The van der Waals surface area contributed by atoms with Crippen molar-refractivity contribution in [1.29, 1.82) is 0 Å². The number of thioether (sulfide) groups is 1. The fourth-order valence-corrected chi connectivity index (χ4v) is 3.26. The summed E-state index contributed by atoms with van der Waals surface area (Å²) in [5.41, 5.74) is 1.19. The Labute approximate surface area is 122 Å². The molecule has 1 nitrogen and oxygen atoms in total. The Morgan fingerprint density at radius 1 is 1.00 bits per heavy atom. The summed E-state index contributed by atoms with van der Waals surface area (Å²) in [5.74, 6) is 0. The summed E-state index contributed by atoms with van der Waals surface area (Å²) in [6.45, 7) is 1.00. The molecule has 3 heteroatoms. The van der Waals surface area contributed by atoms with E-state index < -0.39 is 0 Å². The maximum absolute atomic E-state index is 5.91. The molecule has 0 N–H and O–H groups in total. The van der Waals surface area contributed by atoms with Crippen LogP contribution in [0.3, 0.4) is 0 Å². The van der Waals surface area contributed by atoms with Crippen LogP contribution in [0, 0.1) is 0 Å². The molecule has 1 heterocycles. The molecular formula is C16H14ClNS. The molecule has 2 aromatic rings. The van der Waals surface area contributed by atoms with Gasteiger partial charge in [-0.25, -0.2) is 0 Å². The summed E-state index contributed by atoms with van der Waals surface area (Å²) < 4.78 is 0. The molecule has 1 atom stereocenters. The number of halogens is 1. The Morgan fingerprint density at radius 3 is 2.47 bits per heavy atom. The highest BCUT2D eigenvalue weighted by atomic mass is 35.5. The van der Waals surface area contributed by atoms with E-state index in [1.165, 1.54) is 10.6 Å².